The minimum Gasteiger partial charge on any atom is -0.368 e. The first-order chi connectivity index (χ1) is 9.61. The van der Waals surface area contributed by atoms with Crippen molar-refractivity contribution in [1.29, 1.82) is 0 Å². The largest absolute Gasteiger partial charge is 0.368 e. The number of halogens is 3. The zero-order valence-corrected chi connectivity index (χ0v) is 13.1. The molecule has 0 aromatic carbocycles. The van der Waals surface area contributed by atoms with Gasteiger partial charge < -0.3 is 5.32 Å². The van der Waals surface area contributed by atoms with Crippen molar-refractivity contribution in [2.24, 2.45) is 0 Å². The molecule has 0 aliphatic heterocycles. The summed E-state index contributed by atoms with van der Waals surface area (Å²) in [5.74, 6) is 0.628. The molecular formula is C13H13Cl3N4. The van der Waals surface area contributed by atoms with Gasteiger partial charge >= 0.3 is 0 Å². The van der Waals surface area contributed by atoms with Crippen LogP contribution in [0.3, 0.4) is 0 Å². The van der Waals surface area contributed by atoms with Crippen molar-refractivity contribution >= 4 is 40.6 Å². The number of hydrogen-bond donors (Lipinski definition) is 1. The van der Waals surface area contributed by atoms with Crippen molar-refractivity contribution < 1.29 is 0 Å². The number of anilines is 1. The van der Waals surface area contributed by atoms with Gasteiger partial charge in [-0.2, -0.15) is 0 Å². The summed E-state index contributed by atoms with van der Waals surface area (Å²) < 4.78 is 0. The molecule has 0 amide bonds. The standard InChI is InChI=1S/C13H13Cl3N4/c1-2-10-12(16)13(20-7-19-10)17-4-3-11-9(15)5-8(14)6-18-11/h5-7H,2-4H2,1H3,(H,17,19,20). The summed E-state index contributed by atoms with van der Waals surface area (Å²) in [7, 11) is 0. The third-order valence-electron chi connectivity index (χ3n) is 2.73. The summed E-state index contributed by atoms with van der Waals surface area (Å²) in [6.45, 7) is 2.61. The van der Waals surface area contributed by atoms with Gasteiger partial charge in [0.25, 0.3) is 0 Å². The Labute approximate surface area is 132 Å². The Morgan fingerprint density at radius 2 is 1.90 bits per heavy atom. The van der Waals surface area contributed by atoms with Gasteiger partial charge in [-0.1, -0.05) is 41.7 Å². The molecule has 4 nitrogen and oxygen atoms in total. The Bertz CT molecular complexity index is 604. The molecule has 0 fully saturated rings. The van der Waals surface area contributed by atoms with Gasteiger partial charge in [0.05, 0.1) is 21.4 Å². The molecule has 0 aliphatic carbocycles. The SMILES string of the molecule is CCc1ncnc(NCCc2ncc(Cl)cc2Cl)c1Cl. The molecule has 0 atom stereocenters. The van der Waals surface area contributed by atoms with Crippen LogP contribution in [0.2, 0.25) is 15.1 Å². The predicted molar refractivity (Wildman–Crippen MR) is 82.9 cm³/mol. The molecule has 1 N–H and O–H groups in total. The third kappa shape index (κ3) is 3.72. The maximum Gasteiger partial charge on any atom is 0.148 e. The van der Waals surface area contributed by atoms with E-state index >= 15 is 0 Å². The van der Waals surface area contributed by atoms with Gasteiger partial charge in [-0.25, -0.2) is 9.97 Å². The topological polar surface area (TPSA) is 50.7 Å². The summed E-state index contributed by atoms with van der Waals surface area (Å²) in [4.78, 5) is 12.4. The fourth-order valence-electron chi connectivity index (χ4n) is 1.70. The van der Waals surface area contributed by atoms with E-state index in [1.165, 1.54) is 6.33 Å². The Kier molecular flexibility index (Phi) is 5.40. The third-order valence-corrected chi connectivity index (χ3v) is 3.67. The van der Waals surface area contributed by atoms with Crippen LogP contribution in [0.15, 0.2) is 18.6 Å². The van der Waals surface area contributed by atoms with Gasteiger partial charge in [0.2, 0.25) is 0 Å². The molecule has 0 saturated carbocycles. The van der Waals surface area contributed by atoms with Gasteiger partial charge in [0.15, 0.2) is 0 Å². The second kappa shape index (κ2) is 7.07. The molecule has 2 rings (SSSR count). The molecule has 0 aliphatic rings. The Morgan fingerprint density at radius 3 is 2.60 bits per heavy atom. The highest BCUT2D eigenvalue weighted by molar-refractivity contribution is 6.34. The van der Waals surface area contributed by atoms with E-state index in [1.807, 2.05) is 6.92 Å². The minimum atomic E-state index is 0.526. The van der Waals surface area contributed by atoms with Gasteiger partial charge in [0, 0.05) is 19.2 Å². The van der Waals surface area contributed by atoms with Gasteiger partial charge in [-0.15, -0.1) is 0 Å². The van der Waals surface area contributed by atoms with Crippen LogP contribution in [0.4, 0.5) is 5.82 Å². The highest BCUT2D eigenvalue weighted by Gasteiger charge is 2.08. The number of aromatic nitrogens is 3. The van der Waals surface area contributed by atoms with Crippen molar-refractivity contribution in [2.45, 2.75) is 19.8 Å². The molecule has 20 heavy (non-hydrogen) atoms. The molecule has 2 aromatic heterocycles. The predicted octanol–water partition coefficient (Wildman–Crippen LogP) is 4.05. The fourth-order valence-corrected chi connectivity index (χ4v) is 2.47. The molecule has 0 radical (unpaired) electrons. The number of aryl methyl sites for hydroxylation is 1. The van der Waals surface area contributed by atoms with Gasteiger partial charge in [-0.3, -0.25) is 4.98 Å². The summed E-state index contributed by atoms with van der Waals surface area (Å²) in [5, 5.41) is 4.81. The monoisotopic (exact) mass is 330 g/mol. The lowest BCUT2D eigenvalue weighted by Crippen LogP contribution is -2.09. The first-order valence-electron chi connectivity index (χ1n) is 6.15. The van der Waals surface area contributed by atoms with Crippen LogP contribution in [0.25, 0.3) is 0 Å². The zero-order chi connectivity index (χ0) is 14.5. The van der Waals surface area contributed by atoms with E-state index in [9.17, 15) is 0 Å². The highest BCUT2D eigenvalue weighted by Crippen LogP contribution is 2.22. The normalized spacial score (nSPS) is 10.6. The van der Waals surface area contributed by atoms with E-state index in [-0.39, 0.29) is 0 Å². The Hall–Kier alpha value is -1.10. The van der Waals surface area contributed by atoms with Crippen LogP contribution in [0.5, 0.6) is 0 Å². The van der Waals surface area contributed by atoms with E-state index in [2.05, 4.69) is 20.3 Å². The van der Waals surface area contributed by atoms with Crippen molar-refractivity contribution in [3.8, 4) is 0 Å². The van der Waals surface area contributed by atoms with Crippen LogP contribution >= 0.6 is 34.8 Å². The molecular weight excluding hydrogens is 319 g/mol. The lowest BCUT2D eigenvalue weighted by Gasteiger charge is -2.09. The highest BCUT2D eigenvalue weighted by atomic mass is 35.5. The first kappa shape index (κ1) is 15.3. The van der Waals surface area contributed by atoms with Gasteiger partial charge in [-0.05, 0) is 12.5 Å². The summed E-state index contributed by atoms with van der Waals surface area (Å²) in [6, 6.07) is 1.68. The molecule has 2 heterocycles. The van der Waals surface area contributed by atoms with Crippen LogP contribution in [0.1, 0.15) is 18.3 Å². The molecule has 7 heteroatoms. The molecule has 2 aromatic rings. The lowest BCUT2D eigenvalue weighted by atomic mass is 10.2. The van der Waals surface area contributed by atoms with E-state index in [1.54, 1.807) is 12.3 Å². The molecule has 106 valence electrons. The number of hydrogen-bond acceptors (Lipinski definition) is 4. The quantitative estimate of drug-likeness (QED) is 0.898. The van der Waals surface area contributed by atoms with E-state index in [0.29, 0.717) is 33.9 Å². The van der Waals surface area contributed by atoms with Crippen LogP contribution < -0.4 is 5.32 Å². The summed E-state index contributed by atoms with van der Waals surface area (Å²) >= 11 is 18.1. The van der Waals surface area contributed by atoms with Crippen LogP contribution in [-0.4, -0.2) is 21.5 Å². The minimum absolute atomic E-state index is 0.526. The number of nitrogens with one attached hydrogen (secondary N) is 1. The molecule has 0 spiro atoms. The second-order valence-electron chi connectivity index (χ2n) is 4.10. The van der Waals surface area contributed by atoms with E-state index in [4.69, 9.17) is 34.8 Å². The average molecular weight is 332 g/mol. The van der Waals surface area contributed by atoms with E-state index in [0.717, 1.165) is 17.8 Å². The van der Waals surface area contributed by atoms with Crippen molar-refractivity contribution in [3.63, 3.8) is 0 Å². The van der Waals surface area contributed by atoms with Gasteiger partial charge in [0.1, 0.15) is 17.2 Å². The van der Waals surface area contributed by atoms with Crippen molar-refractivity contribution in [1.82, 2.24) is 15.0 Å². The number of nitrogens with zero attached hydrogens (tertiary/aromatic N) is 3. The second-order valence-corrected chi connectivity index (χ2v) is 5.32. The van der Waals surface area contributed by atoms with Crippen molar-refractivity contribution in [3.05, 3.63) is 45.0 Å². The zero-order valence-electron chi connectivity index (χ0n) is 10.8. The lowest BCUT2D eigenvalue weighted by molar-refractivity contribution is 0.940. The Balaban J connectivity index is 1.99. The summed E-state index contributed by atoms with van der Waals surface area (Å²) in [6.07, 6.45) is 4.49. The molecule has 0 bridgehead atoms. The molecule has 0 unspecified atom stereocenters. The number of rotatable bonds is 5. The maximum absolute atomic E-state index is 6.20. The van der Waals surface area contributed by atoms with E-state index < -0.39 is 0 Å². The fraction of sp³-hybridized carbons (Fsp3) is 0.308. The average Bonchev–Trinajstić information content (AvgIpc) is 2.43. The smallest absolute Gasteiger partial charge is 0.148 e. The molecule has 0 saturated heterocycles. The maximum atomic E-state index is 6.20. The van der Waals surface area contributed by atoms with Crippen molar-refractivity contribution in [2.75, 3.05) is 11.9 Å². The Morgan fingerprint density at radius 1 is 1.10 bits per heavy atom. The number of pyridine rings is 1. The van der Waals surface area contributed by atoms with Crippen LogP contribution in [-0.2, 0) is 12.8 Å². The first-order valence-corrected chi connectivity index (χ1v) is 7.28. The van der Waals surface area contributed by atoms with Crippen LogP contribution in [0, 0.1) is 0 Å². The summed E-state index contributed by atoms with van der Waals surface area (Å²) in [5.41, 5.74) is 1.61.